The molecule has 3 aromatic carbocycles. The third-order valence-corrected chi connectivity index (χ3v) is 6.72. The highest BCUT2D eigenvalue weighted by Gasteiger charge is 2.25. The van der Waals surface area contributed by atoms with E-state index in [0.29, 0.717) is 30.3 Å². The Morgan fingerprint density at radius 3 is 2.61 bits per heavy atom. The van der Waals surface area contributed by atoms with E-state index >= 15 is 0 Å². The van der Waals surface area contributed by atoms with E-state index in [2.05, 4.69) is 84.8 Å². The average molecular weight is 433 g/mol. The van der Waals surface area contributed by atoms with Crippen molar-refractivity contribution in [2.75, 3.05) is 12.3 Å². The van der Waals surface area contributed by atoms with Crippen LogP contribution in [0, 0.1) is 0 Å². The number of rotatable bonds is 7. The lowest BCUT2D eigenvalue weighted by Crippen LogP contribution is -2.35. The van der Waals surface area contributed by atoms with Crippen LogP contribution in [0.2, 0.25) is 0 Å². The van der Waals surface area contributed by atoms with E-state index in [9.17, 15) is 4.79 Å². The summed E-state index contributed by atoms with van der Waals surface area (Å²) in [6, 6.07) is 24.2. The van der Waals surface area contributed by atoms with Crippen LogP contribution in [0.4, 0.5) is 0 Å². The Morgan fingerprint density at radius 1 is 1.03 bits per heavy atom. The van der Waals surface area contributed by atoms with Crippen molar-refractivity contribution in [1.82, 2.24) is 10.6 Å². The van der Waals surface area contributed by atoms with Crippen molar-refractivity contribution in [3.05, 3.63) is 83.4 Å². The molecule has 0 radical (unpaired) electrons. The maximum absolute atomic E-state index is 12.1. The van der Waals surface area contributed by atoms with E-state index in [4.69, 9.17) is 0 Å². The number of carbonyl (C=O) groups is 1. The van der Waals surface area contributed by atoms with E-state index < -0.39 is 0 Å². The molecule has 0 spiro atoms. The first-order chi connectivity index (χ1) is 15.2. The van der Waals surface area contributed by atoms with E-state index in [1.165, 1.54) is 41.2 Å². The number of hydrogen-bond donors (Lipinski definition) is 3. The van der Waals surface area contributed by atoms with Crippen LogP contribution in [0.15, 0.2) is 66.7 Å². The molecule has 1 aliphatic carbocycles. The molecule has 1 aliphatic rings. The lowest BCUT2D eigenvalue weighted by atomic mass is 9.80. The molecule has 2 N–H and O–H groups in total. The van der Waals surface area contributed by atoms with Crippen molar-refractivity contribution in [3.8, 4) is 0 Å². The number of amides is 1. The van der Waals surface area contributed by atoms with Crippen molar-refractivity contribution in [1.29, 1.82) is 0 Å². The number of carbonyl (C=O) groups excluding carboxylic acids is 1. The summed E-state index contributed by atoms with van der Waals surface area (Å²) >= 11 is 4.15. The van der Waals surface area contributed by atoms with E-state index in [-0.39, 0.29) is 5.91 Å². The first kappa shape index (κ1) is 21.9. The van der Waals surface area contributed by atoms with Crippen LogP contribution in [0.5, 0.6) is 0 Å². The summed E-state index contributed by atoms with van der Waals surface area (Å²) in [5, 5.41) is 9.42. The van der Waals surface area contributed by atoms with Crippen molar-refractivity contribution in [2.24, 2.45) is 0 Å². The SMILES string of the molecule is C[C@@H](NC1CCCC(c2ccc(C(=O)NCCS)cc2)C1)c1cccc2ccccc12. The van der Waals surface area contributed by atoms with E-state index in [1.807, 2.05) is 12.1 Å². The summed E-state index contributed by atoms with van der Waals surface area (Å²) in [7, 11) is 0. The van der Waals surface area contributed by atoms with Gasteiger partial charge in [0, 0.05) is 29.9 Å². The Kier molecular flexibility index (Phi) is 7.31. The van der Waals surface area contributed by atoms with Crippen molar-refractivity contribution < 1.29 is 4.79 Å². The summed E-state index contributed by atoms with van der Waals surface area (Å²) in [5.41, 5.74) is 3.44. The number of nitrogens with one attached hydrogen (secondary N) is 2. The third kappa shape index (κ3) is 5.31. The molecule has 4 heteroatoms. The largest absolute Gasteiger partial charge is 0.351 e. The fourth-order valence-electron chi connectivity index (χ4n) is 4.89. The summed E-state index contributed by atoms with van der Waals surface area (Å²) in [6.07, 6.45) is 4.80. The molecule has 0 aliphatic heterocycles. The molecule has 3 atom stereocenters. The average Bonchev–Trinajstić information content (AvgIpc) is 2.82. The Bertz CT molecular complexity index is 1010. The molecule has 0 aromatic heterocycles. The molecule has 1 saturated carbocycles. The normalized spacial score (nSPS) is 19.8. The zero-order valence-corrected chi connectivity index (χ0v) is 19.1. The fraction of sp³-hybridized carbons (Fsp3) is 0.370. The van der Waals surface area contributed by atoms with Gasteiger partial charge < -0.3 is 10.6 Å². The van der Waals surface area contributed by atoms with Crippen LogP contribution in [0.1, 0.15) is 66.1 Å². The molecule has 4 rings (SSSR count). The molecule has 1 amide bonds. The molecule has 3 nitrogen and oxygen atoms in total. The highest BCUT2D eigenvalue weighted by atomic mass is 32.1. The molecule has 0 saturated heterocycles. The summed E-state index contributed by atoms with van der Waals surface area (Å²) < 4.78 is 0. The Balaban J connectivity index is 1.41. The fourth-order valence-corrected chi connectivity index (χ4v) is 5.01. The topological polar surface area (TPSA) is 41.1 Å². The van der Waals surface area contributed by atoms with Gasteiger partial charge in [0.1, 0.15) is 0 Å². The van der Waals surface area contributed by atoms with Gasteiger partial charge in [-0.3, -0.25) is 4.79 Å². The molecule has 0 bridgehead atoms. The third-order valence-electron chi connectivity index (χ3n) is 6.49. The van der Waals surface area contributed by atoms with Gasteiger partial charge in [0.05, 0.1) is 0 Å². The molecule has 31 heavy (non-hydrogen) atoms. The Morgan fingerprint density at radius 2 is 1.81 bits per heavy atom. The van der Waals surface area contributed by atoms with Gasteiger partial charge in [0.2, 0.25) is 0 Å². The summed E-state index contributed by atoms with van der Waals surface area (Å²) in [6.45, 7) is 2.87. The highest BCUT2D eigenvalue weighted by molar-refractivity contribution is 7.80. The zero-order valence-electron chi connectivity index (χ0n) is 18.2. The second-order valence-corrected chi connectivity index (χ2v) is 9.07. The van der Waals surface area contributed by atoms with Crippen LogP contribution in [0.3, 0.4) is 0 Å². The summed E-state index contributed by atoms with van der Waals surface area (Å²) in [4.78, 5) is 12.1. The molecular weight excluding hydrogens is 400 g/mol. The van der Waals surface area contributed by atoms with Crippen molar-refractivity contribution in [3.63, 3.8) is 0 Å². The first-order valence-corrected chi connectivity index (χ1v) is 12.0. The van der Waals surface area contributed by atoms with Gasteiger partial charge in [-0.05, 0) is 66.1 Å². The predicted molar refractivity (Wildman–Crippen MR) is 133 cm³/mol. The van der Waals surface area contributed by atoms with Gasteiger partial charge in [0.25, 0.3) is 5.91 Å². The molecule has 0 heterocycles. The van der Waals surface area contributed by atoms with Crippen LogP contribution in [0.25, 0.3) is 10.8 Å². The molecule has 3 aromatic rings. The second-order valence-electron chi connectivity index (χ2n) is 8.62. The lowest BCUT2D eigenvalue weighted by Gasteiger charge is -2.32. The monoisotopic (exact) mass is 432 g/mol. The van der Waals surface area contributed by atoms with Crippen molar-refractivity contribution >= 4 is 29.3 Å². The number of thiol groups is 1. The minimum Gasteiger partial charge on any atom is -0.351 e. The van der Waals surface area contributed by atoms with Gasteiger partial charge >= 0.3 is 0 Å². The van der Waals surface area contributed by atoms with Crippen molar-refractivity contribution in [2.45, 2.75) is 50.6 Å². The smallest absolute Gasteiger partial charge is 0.251 e. The quantitative estimate of drug-likeness (QED) is 0.408. The van der Waals surface area contributed by atoms with Gasteiger partial charge in [-0.2, -0.15) is 12.6 Å². The minimum absolute atomic E-state index is 0.0206. The van der Waals surface area contributed by atoms with Crippen LogP contribution >= 0.6 is 12.6 Å². The standard InChI is InChI=1S/C27H32N2OS/c1-19(25-11-5-7-21-6-2-3-10-26(21)25)29-24-9-4-8-23(18-24)20-12-14-22(15-13-20)27(30)28-16-17-31/h2-3,5-7,10-15,19,23-24,29,31H,4,8-9,16-18H2,1H3,(H,28,30)/t19-,23?,24?/m1/s1. The van der Waals surface area contributed by atoms with Gasteiger partial charge in [0.15, 0.2) is 0 Å². The van der Waals surface area contributed by atoms with E-state index in [0.717, 1.165) is 12.0 Å². The number of benzene rings is 3. The van der Waals surface area contributed by atoms with Gasteiger partial charge in [-0.15, -0.1) is 0 Å². The predicted octanol–water partition coefficient (Wildman–Crippen LogP) is 5.88. The molecule has 162 valence electrons. The van der Waals surface area contributed by atoms with Crippen LogP contribution in [-0.2, 0) is 0 Å². The zero-order chi connectivity index (χ0) is 21.6. The first-order valence-electron chi connectivity index (χ1n) is 11.4. The Labute approximate surface area is 191 Å². The summed E-state index contributed by atoms with van der Waals surface area (Å²) in [5.74, 6) is 1.17. The maximum Gasteiger partial charge on any atom is 0.251 e. The van der Waals surface area contributed by atoms with Gasteiger partial charge in [-0.25, -0.2) is 0 Å². The maximum atomic E-state index is 12.1. The van der Waals surface area contributed by atoms with E-state index in [1.54, 1.807) is 0 Å². The second kappa shape index (κ2) is 10.3. The van der Waals surface area contributed by atoms with Gasteiger partial charge in [-0.1, -0.05) is 61.0 Å². The lowest BCUT2D eigenvalue weighted by molar-refractivity contribution is 0.0956. The number of fused-ring (bicyclic) bond motifs is 1. The molecular formula is C27H32N2OS. The molecule has 1 fully saturated rings. The molecule has 2 unspecified atom stereocenters. The van der Waals surface area contributed by atoms with Crippen LogP contribution in [-0.4, -0.2) is 24.2 Å². The Hall–Kier alpha value is -2.30. The minimum atomic E-state index is -0.0206. The highest BCUT2D eigenvalue weighted by Crippen LogP contribution is 2.34. The van der Waals surface area contributed by atoms with Crippen LogP contribution < -0.4 is 10.6 Å². The number of hydrogen-bond acceptors (Lipinski definition) is 3.